The van der Waals surface area contributed by atoms with Crippen molar-refractivity contribution in [3.05, 3.63) is 35.1 Å². The summed E-state index contributed by atoms with van der Waals surface area (Å²) in [6, 6.07) is 0. The summed E-state index contributed by atoms with van der Waals surface area (Å²) in [4.78, 5) is 0. The fourth-order valence-corrected chi connectivity index (χ4v) is 1.54. The quantitative estimate of drug-likeness (QED) is 0.301. The van der Waals surface area contributed by atoms with Gasteiger partial charge < -0.3 is 6.16 Å². The summed E-state index contributed by atoms with van der Waals surface area (Å²) in [6.45, 7) is 1.40. The van der Waals surface area contributed by atoms with Gasteiger partial charge in [0.05, 0.1) is 6.26 Å². The predicted octanol–water partition coefficient (Wildman–Crippen LogP) is -0.284. The molecule has 5 nitrogen and oxygen atoms in total. The van der Waals surface area contributed by atoms with Crippen LogP contribution in [0, 0.1) is 0 Å². The molecule has 0 aliphatic carbocycles. The summed E-state index contributed by atoms with van der Waals surface area (Å²) in [5.74, 6) is 0. The number of hydrogen-bond donors (Lipinski definition) is 1. The number of rotatable bonds is 7. The average molecular weight is 327 g/mol. The van der Waals surface area contributed by atoms with Crippen molar-refractivity contribution in [3.63, 3.8) is 0 Å². The summed E-state index contributed by atoms with van der Waals surface area (Å²) in [5, 5.41) is 0.405. The van der Waals surface area contributed by atoms with Crippen LogP contribution in [0.3, 0.4) is 0 Å². The summed E-state index contributed by atoms with van der Waals surface area (Å²) in [6.07, 6.45) is 5.00. The van der Waals surface area contributed by atoms with E-state index in [0.717, 1.165) is 0 Å². The van der Waals surface area contributed by atoms with Crippen LogP contribution in [-0.2, 0) is 19.3 Å². The smallest absolute Gasteiger partial charge is 1.00 e. The van der Waals surface area contributed by atoms with Crippen molar-refractivity contribution in [2.75, 3.05) is 6.61 Å². The molecule has 18 heavy (non-hydrogen) atoms. The van der Waals surface area contributed by atoms with E-state index in [4.69, 9.17) is 32.5 Å². The van der Waals surface area contributed by atoms with Crippen molar-refractivity contribution in [1.29, 1.82) is 0 Å². The summed E-state index contributed by atoms with van der Waals surface area (Å²) in [7, 11) is -4.45. The first-order chi connectivity index (χ1) is 7.85. The van der Waals surface area contributed by atoms with Gasteiger partial charge in [-0.3, -0.25) is 4.55 Å². The van der Waals surface area contributed by atoms with Gasteiger partial charge in [-0.2, -0.15) is 8.42 Å². The Morgan fingerprint density at radius 2 is 2.17 bits per heavy atom. The number of halogens is 2. The molecule has 0 aliphatic heterocycles. The summed E-state index contributed by atoms with van der Waals surface area (Å²) >= 11 is 10.9. The SMILES string of the molecule is CC(CO/C=C/C=C(Cl)\C=C\Cl)OS(=O)(=O)O.[H-].[Na+]. The van der Waals surface area contributed by atoms with E-state index in [0.29, 0.717) is 5.03 Å². The van der Waals surface area contributed by atoms with Gasteiger partial charge in [-0.05, 0) is 25.2 Å². The third-order valence-electron chi connectivity index (χ3n) is 1.27. The molecule has 1 atom stereocenters. The van der Waals surface area contributed by atoms with Crippen molar-refractivity contribution in [2.24, 2.45) is 0 Å². The van der Waals surface area contributed by atoms with Crippen LogP contribution in [0.4, 0.5) is 0 Å². The Morgan fingerprint density at radius 1 is 1.56 bits per heavy atom. The molecule has 0 saturated heterocycles. The van der Waals surface area contributed by atoms with Crippen molar-refractivity contribution in [3.8, 4) is 0 Å². The molecule has 0 heterocycles. The fraction of sp³-hybridized carbons (Fsp3) is 0.333. The fourth-order valence-electron chi connectivity index (χ4n) is 0.729. The molecule has 0 aromatic heterocycles. The molecule has 0 aromatic rings. The van der Waals surface area contributed by atoms with Gasteiger partial charge in [0.2, 0.25) is 0 Å². The molecule has 0 bridgehead atoms. The predicted molar refractivity (Wildman–Crippen MR) is 67.2 cm³/mol. The van der Waals surface area contributed by atoms with Gasteiger partial charge in [-0.15, -0.1) is 0 Å². The van der Waals surface area contributed by atoms with Crippen LogP contribution in [0.2, 0.25) is 0 Å². The van der Waals surface area contributed by atoms with Crippen LogP contribution < -0.4 is 29.6 Å². The first kappa shape index (κ1) is 20.8. The van der Waals surface area contributed by atoms with Crippen molar-refractivity contribution < 1.29 is 52.9 Å². The topological polar surface area (TPSA) is 72.8 Å². The van der Waals surface area contributed by atoms with Gasteiger partial charge in [0.15, 0.2) is 0 Å². The molecule has 100 valence electrons. The van der Waals surface area contributed by atoms with E-state index >= 15 is 0 Å². The minimum Gasteiger partial charge on any atom is -1.00 e. The van der Waals surface area contributed by atoms with E-state index in [-0.39, 0.29) is 37.6 Å². The maximum Gasteiger partial charge on any atom is 1.00 e. The zero-order valence-corrected chi connectivity index (χ0v) is 14.2. The van der Waals surface area contributed by atoms with Crippen LogP contribution >= 0.6 is 23.2 Å². The van der Waals surface area contributed by atoms with E-state index in [1.165, 1.54) is 36.9 Å². The van der Waals surface area contributed by atoms with Crippen molar-refractivity contribution in [2.45, 2.75) is 13.0 Å². The first-order valence-corrected chi connectivity index (χ1v) is 6.59. The molecule has 9 heteroatoms. The van der Waals surface area contributed by atoms with E-state index < -0.39 is 16.5 Å². The van der Waals surface area contributed by atoms with Gasteiger partial charge in [0.25, 0.3) is 0 Å². The largest absolute Gasteiger partial charge is 1.00 e. The third-order valence-corrected chi connectivity index (χ3v) is 2.22. The molecule has 0 aromatic carbocycles. The molecule has 1 unspecified atom stereocenters. The number of ether oxygens (including phenoxy) is 1. The van der Waals surface area contributed by atoms with Crippen LogP contribution in [0.5, 0.6) is 0 Å². The zero-order valence-electron chi connectivity index (χ0n) is 10.9. The maximum absolute atomic E-state index is 10.3. The standard InChI is InChI=1S/C9H12Cl2O5S.Na.H/c1-8(16-17(12,13)14)7-15-6-2-3-9(11)4-5-10;;/h2-6,8H,7H2,1H3,(H,12,13,14);;/q;+1;-1/b5-4+,6-2+,9-3+;;. The van der Waals surface area contributed by atoms with E-state index in [1.807, 2.05) is 0 Å². The van der Waals surface area contributed by atoms with Gasteiger partial charge in [-0.1, -0.05) is 23.2 Å². The van der Waals surface area contributed by atoms with E-state index in [2.05, 4.69) is 4.18 Å². The Bertz CT molecular complexity index is 411. The Hall–Kier alpha value is 0.470. The molecular formula is C9H13Cl2NaO5S. The van der Waals surface area contributed by atoms with Crippen molar-refractivity contribution >= 4 is 33.6 Å². The zero-order chi connectivity index (χ0) is 13.3. The molecular weight excluding hydrogens is 314 g/mol. The Balaban J connectivity index is -0.00000128. The molecule has 0 fully saturated rings. The van der Waals surface area contributed by atoms with Gasteiger partial charge in [0.1, 0.15) is 12.7 Å². The van der Waals surface area contributed by atoms with Gasteiger partial charge in [-0.25, -0.2) is 4.18 Å². The molecule has 0 saturated carbocycles. The summed E-state index contributed by atoms with van der Waals surface area (Å²) in [5.41, 5.74) is 1.26. The van der Waals surface area contributed by atoms with E-state index in [9.17, 15) is 8.42 Å². The molecule has 0 spiro atoms. The Kier molecular flexibility index (Phi) is 13.1. The van der Waals surface area contributed by atoms with E-state index in [1.54, 1.807) is 0 Å². The average Bonchev–Trinajstić information content (AvgIpc) is 2.14. The number of allylic oxidation sites excluding steroid dienone is 4. The van der Waals surface area contributed by atoms with Gasteiger partial charge in [0, 0.05) is 10.6 Å². The Morgan fingerprint density at radius 3 is 2.67 bits per heavy atom. The van der Waals surface area contributed by atoms with Crippen LogP contribution in [-0.4, -0.2) is 25.7 Å². The van der Waals surface area contributed by atoms with Crippen LogP contribution in [0.1, 0.15) is 8.35 Å². The number of hydrogen-bond acceptors (Lipinski definition) is 4. The molecule has 0 radical (unpaired) electrons. The minimum atomic E-state index is -4.45. The van der Waals surface area contributed by atoms with Crippen LogP contribution in [0.15, 0.2) is 35.1 Å². The molecule has 0 rings (SSSR count). The first-order valence-electron chi connectivity index (χ1n) is 4.41. The third kappa shape index (κ3) is 14.5. The van der Waals surface area contributed by atoms with Crippen molar-refractivity contribution in [1.82, 2.24) is 0 Å². The second-order valence-electron chi connectivity index (χ2n) is 2.84. The van der Waals surface area contributed by atoms with Gasteiger partial charge >= 0.3 is 40.0 Å². The molecule has 0 aliphatic rings. The molecule has 0 amide bonds. The second-order valence-corrected chi connectivity index (χ2v) is 4.58. The normalized spacial score (nSPS) is 14.8. The Labute approximate surface area is 140 Å². The van der Waals surface area contributed by atoms with Crippen LogP contribution in [0.25, 0.3) is 0 Å². The minimum absolute atomic E-state index is 0. The maximum atomic E-state index is 10.3. The monoisotopic (exact) mass is 326 g/mol. The molecule has 1 N–H and O–H groups in total. The second kappa shape index (κ2) is 11.3. The summed E-state index contributed by atoms with van der Waals surface area (Å²) < 4.78 is 38.1.